The third-order valence-corrected chi connectivity index (χ3v) is 1.96. The van der Waals surface area contributed by atoms with Crippen LogP contribution in [0.1, 0.15) is 27.2 Å². The highest BCUT2D eigenvalue weighted by Crippen LogP contribution is 2.07. The first-order valence-corrected chi connectivity index (χ1v) is 4.35. The second kappa shape index (κ2) is 5.36. The van der Waals surface area contributed by atoms with Crippen LogP contribution in [0, 0.1) is 5.92 Å². The van der Waals surface area contributed by atoms with Gasteiger partial charge in [0.1, 0.15) is 11.8 Å². The summed E-state index contributed by atoms with van der Waals surface area (Å²) in [5.41, 5.74) is 0. The normalized spacial score (nSPS) is 14.2. The van der Waals surface area contributed by atoms with Crippen LogP contribution < -0.4 is 5.32 Å². The number of rotatable bonds is 5. The summed E-state index contributed by atoms with van der Waals surface area (Å²) in [7, 11) is 0. The summed E-state index contributed by atoms with van der Waals surface area (Å²) < 4.78 is 0. The fourth-order valence-electron chi connectivity index (χ4n) is 0.986. The molecule has 0 unspecified atom stereocenters. The highest BCUT2D eigenvalue weighted by atomic mass is 16.4. The summed E-state index contributed by atoms with van der Waals surface area (Å²) >= 11 is 0. The van der Waals surface area contributed by atoms with E-state index in [1.54, 1.807) is 6.92 Å². The average Bonchev–Trinajstić information content (AvgIpc) is 2.01. The summed E-state index contributed by atoms with van der Waals surface area (Å²) in [4.78, 5) is 32.2. The lowest BCUT2D eigenvalue weighted by Gasteiger charge is -2.15. The van der Waals surface area contributed by atoms with Crippen molar-refractivity contribution in [1.82, 2.24) is 5.32 Å². The maximum atomic E-state index is 10.9. The standard InChI is InChI=1S/C9H15NO4/c1-5(6(2)11)4-8(9(13)14)10-7(3)12/h5,8H,4H2,1-3H3,(H,10,12)(H,13,14)/t5-,8-/m1/s1. The van der Waals surface area contributed by atoms with Crippen molar-refractivity contribution in [2.75, 3.05) is 0 Å². The van der Waals surface area contributed by atoms with Gasteiger partial charge in [0.25, 0.3) is 0 Å². The minimum Gasteiger partial charge on any atom is -0.480 e. The van der Waals surface area contributed by atoms with Gasteiger partial charge in [-0.2, -0.15) is 0 Å². The Labute approximate surface area is 82.5 Å². The van der Waals surface area contributed by atoms with Crippen molar-refractivity contribution in [3.05, 3.63) is 0 Å². The molecule has 0 saturated carbocycles. The van der Waals surface area contributed by atoms with E-state index >= 15 is 0 Å². The number of carboxylic acid groups (broad SMARTS) is 1. The van der Waals surface area contributed by atoms with Gasteiger partial charge in [-0.05, 0) is 13.3 Å². The predicted octanol–water partition coefficient (Wildman–Crippen LogP) is 0.191. The molecular weight excluding hydrogens is 186 g/mol. The Balaban J connectivity index is 4.30. The molecule has 0 fully saturated rings. The average molecular weight is 201 g/mol. The second-order valence-corrected chi connectivity index (χ2v) is 3.34. The number of amides is 1. The van der Waals surface area contributed by atoms with E-state index in [0.717, 1.165) is 0 Å². The Bertz CT molecular complexity index is 249. The molecule has 14 heavy (non-hydrogen) atoms. The number of hydrogen-bond acceptors (Lipinski definition) is 3. The van der Waals surface area contributed by atoms with E-state index in [1.807, 2.05) is 0 Å². The van der Waals surface area contributed by atoms with Crippen molar-refractivity contribution >= 4 is 17.7 Å². The Morgan fingerprint density at radius 3 is 2.07 bits per heavy atom. The maximum absolute atomic E-state index is 10.9. The Kier molecular flexibility index (Phi) is 4.83. The summed E-state index contributed by atoms with van der Waals surface area (Å²) in [6, 6.07) is -0.980. The van der Waals surface area contributed by atoms with Crippen LogP contribution >= 0.6 is 0 Å². The molecule has 80 valence electrons. The fourth-order valence-corrected chi connectivity index (χ4v) is 0.986. The maximum Gasteiger partial charge on any atom is 0.326 e. The second-order valence-electron chi connectivity index (χ2n) is 3.34. The first-order valence-electron chi connectivity index (χ1n) is 4.35. The Morgan fingerprint density at radius 2 is 1.79 bits per heavy atom. The SMILES string of the molecule is CC(=O)N[C@H](C[C@@H](C)C(C)=O)C(=O)O. The van der Waals surface area contributed by atoms with Gasteiger partial charge in [-0.15, -0.1) is 0 Å². The minimum atomic E-state index is -1.12. The summed E-state index contributed by atoms with van der Waals surface area (Å²) in [5, 5.41) is 11.0. The van der Waals surface area contributed by atoms with E-state index < -0.39 is 17.9 Å². The van der Waals surface area contributed by atoms with Crippen LogP contribution in [0.5, 0.6) is 0 Å². The summed E-state index contributed by atoms with van der Waals surface area (Å²) in [5.74, 6) is -1.97. The van der Waals surface area contributed by atoms with Gasteiger partial charge < -0.3 is 10.4 Å². The number of ketones is 1. The molecule has 1 amide bonds. The number of carboxylic acids is 1. The molecule has 2 N–H and O–H groups in total. The lowest BCUT2D eigenvalue weighted by molar-refractivity contribution is -0.142. The van der Waals surface area contributed by atoms with Gasteiger partial charge in [-0.3, -0.25) is 9.59 Å². The molecule has 2 atom stereocenters. The molecule has 0 aromatic carbocycles. The zero-order chi connectivity index (χ0) is 11.3. The van der Waals surface area contributed by atoms with Crippen LogP contribution in [0.2, 0.25) is 0 Å². The first-order chi connectivity index (χ1) is 6.34. The van der Waals surface area contributed by atoms with Crippen LogP contribution in [-0.4, -0.2) is 28.8 Å². The molecular formula is C9H15NO4. The molecule has 0 radical (unpaired) electrons. The zero-order valence-corrected chi connectivity index (χ0v) is 8.53. The van der Waals surface area contributed by atoms with Gasteiger partial charge in [0.15, 0.2) is 0 Å². The van der Waals surface area contributed by atoms with Gasteiger partial charge in [0.05, 0.1) is 0 Å². The lowest BCUT2D eigenvalue weighted by atomic mass is 9.98. The third kappa shape index (κ3) is 4.59. The summed E-state index contributed by atoms with van der Waals surface area (Å²) in [6.07, 6.45) is 0.129. The molecule has 0 saturated heterocycles. The van der Waals surface area contributed by atoms with Crippen molar-refractivity contribution in [2.45, 2.75) is 33.2 Å². The number of carbonyl (C=O) groups is 3. The molecule has 0 aliphatic carbocycles. The summed E-state index contributed by atoms with van der Waals surface area (Å²) in [6.45, 7) is 4.28. The quantitative estimate of drug-likeness (QED) is 0.665. The number of carbonyl (C=O) groups excluding carboxylic acids is 2. The minimum absolute atomic E-state index is 0.0818. The van der Waals surface area contributed by atoms with E-state index in [1.165, 1.54) is 13.8 Å². The topological polar surface area (TPSA) is 83.5 Å². The van der Waals surface area contributed by atoms with Gasteiger partial charge in [0, 0.05) is 12.8 Å². The van der Waals surface area contributed by atoms with E-state index in [2.05, 4.69) is 5.32 Å². The molecule has 0 aliphatic rings. The largest absolute Gasteiger partial charge is 0.480 e. The smallest absolute Gasteiger partial charge is 0.326 e. The van der Waals surface area contributed by atoms with Gasteiger partial charge in [-0.25, -0.2) is 4.79 Å². The van der Waals surface area contributed by atoms with E-state index in [9.17, 15) is 14.4 Å². The van der Waals surface area contributed by atoms with Gasteiger partial charge >= 0.3 is 5.97 Å². The van der Waals surface area contributed by atoms with Crippen molar-refractivity contribution in [1.29, 1.82) is 0 Å². The number of Topliss-reactive ketones (excluding diaryl/α,β-unsaturated/α-hetero) is 1. The predicted molar refractivity (Wildman–Crippen MR) is 49.7 cm³/mol. The molecule has 0 bridgehead atoms. The molecule has 5 heteroatoms. The number of hydrogen-bond donors (Lipinski definition) is 2. The molecule has 0 rings (SSSR count). The van der Waals surface area contributed by atoms with E-state index in [0.29, 0.717) is 0 Å². The van der Waals surface area contributed by atoms with Crippen molar-refractivity contribution in [2.24, 2.45) is 5.92 Å². The van der Waals surface area contributed by atoms with E-state index in [-0.39, 0.29) is 18.1 Å². The molecule has 0 heterocycles. The van der Waals surface area contributed by atoms with Crippen LogP contribution in [0.4, 0.5) is 0 Å². The highest BCUT2D eigenvalue weighted by Gasteiger charge is 2.22. The van der Waals surface area contributed by atoms with Crippen LogP contribution in [-0.2, 0) is 14.4 Å². The first kappa shape index (κ1) is 12.6. The Morgan fingerprint density at radius 1 is 1.29 bits per heavy atom. The van der Waals surface area contributed by atoms with Crippen molar-refractivity contribution in [3.8, 4) is 0 Å². The molecule has 0 aromatic heterocycles. The van der Waals surface area contributed by atoms with Gasteiger partial charge in [0.2, 0.25) is 5.91 Å². The third-order valence-electron chi connectivity index (χ3n) is 1.96. The van der Waals surface area contributed by atoms with Crippen molar-refractivity contribution < 1.29 is 19.5 Å². The molecule has 0 aliphatic heterocycles. The molecule has 0 aromatic rings. The number of nitrogens with one attached hydrogen (secondary N) is 1. The highest BCUT2D eigenvalue weighted by molar-refractivity contribution is 5.83. The van der Waals surface area contributed by atoms with Crippen LogP contribution in [0.25, 0.3) is 0 Å². The Hall–Kier alpha value is -1.39. The van der Waals surface area contributed by atoms with Crippen LogP contribution in [0.3, 0.4) is 0 Å². The molecule has 0 spiro atoms. The number of aliphatic carboxylic acids is 1. The van der Waals surface area contributed by atoms with Crippen LogP contribution in [0.15, 0.2) is 0 Å². The molecule has 5 nitrogen and oxygen atoms in total. The zero-order valence-electron chi connectivity index (χ0n) is 8.53. The van der Waals surface area contributed by atoms with Crippen molar-refractivity contribution in [3.63, 3.8) is 0 Å². The van der Waals surface area contributed by atoms with Gasteiger partial charge in [-0.1, -0.05) is 6.92 Å². The lowest BCUT2D eigenvalue weighted by Crippen LogP contribution is -2.41. The van der Waals surface area contributed by atoms with E-state index in [4.69, 9.17) is 5.11 Å². The fraction of sp³-hybridized carbons (Fsp3) is 0.667. The monoisotopic (exact) mass is 201 g/mol.